The van der Waals surface area contributed by atoms with Crippen LogP contribution in [0.2, 0.25) is 0 Å². The van der Waals surface area contributed by atoms with Crippen LogP contribution in [0, 0.1) is 5.92 Å². The van der Waals surface area contributed by atoms with Crippen molar-refractivity contribution in [1.29, 1.82) is 0 Å². The summed E-state index contributed by atoms with van der Waals surface area (Å²) in [4.78, 5) is 13.2. The molecular weight excluding hydrogens is 368 g/mol. The second kappa shape index (κ2) is 10.1. The second-order valence-corrected chi connectivity index (χ2v) is 6.90. The highest BCUT2D eigenvalue weighted by Crippen LogP contribution is 2.13. The minimum atomic E-state index is -0.341. The van der Waals surface area contributed by atoms with Crippen LogP contribution in [0.5, 0.6) is 5.75 Å². The Morgan fingerprint density at radius 2 is 1.93 bits per heavy atom. The lowest BCUT2D eigenvalue weighted by atomic mass is 10.1. The topological polar surface area (TPSA) is 94.3 Å². The van der Waals surface area contributed by atoms with Gasteiger partial charge in [0.1, 0.15) is 12.3 Å². The molecule has 0 saturated carbocycles. The van der Waals surface area contributed by atoms with E-state index in [1.807, 2.05) is 54.6 Å². The first-order valence-electron chi connectivity index (χ1n) is 9.48. The molecular formula is C21H24N6O2. The lowest BCUT2D eigenvalue weighted by Gasteiger charge is -2.07. The van der Waals surface area contributed by atoms with E-state index in [1.165, 1.54) is 4.80 Å². The number of rotatable bonds is 9. The number of hydrogen-bond donors (Lipinski definition) is 1. The molecule has 0 aliphatic carbocycles. The number of ether oxygens (including phenoxy) is 1. The molecule has 8 nitrogen and oxygen atoms in total. The Kier molecular flexibility index (Phi) is 7.05. The molecule has 1 aromatic heterocycles. The summed E-state index contributed by atoms with van der Waals surface area (Å²) in [5.41, 5.74) is 4.16. The predicted molar refractivity (Wildman–Crippen MR) is 110 cm³/mol. The van der Waals surface area contributed by atoms with E-state index in [1.54, 1.807) is 6.21 Å². The van der Waals surface area contributed by atoms with Gasteiger partial charge in [-0.25, -0.2) is 5.43 Å². The first-order chi connectivity index (χ1) is 14.1. The fraction of sp³-hybridized carbons (Fsp3) is 0.286. The summed E-state index contributed by atoms with van der Waals surface area (Å²) >= 11 is 0. The molecule has 0 aliphatic heterocycles. The van der Waals surface area contributed by atoms with E-state index in [0.717, 1.165) is 23.3 Å². The number of tetrazole rings is 1. The van der Waals surface area contributed by atoms with Gasteiger partial charge in [0.05, 0.1) is 12.8 Å². The number of benzene rings is 2. The van der Waals surface area contributed by atoms with Gasteiger partial charge in [-0.2, -0.15) is 9.90 Å². The van der Waals surface area contributed by atoms with Crippen LogP contribution in [-0.2, 0) is 11.3 Å². The van der Waals surface area contributed by atoms with Crippen LogP contribution in [0.4, 0.5) is 0 Å². The first kappa shape index (κ1) is 20.2. The highest BCUT2D eigenvalue weighted by Gasteiger charge is 2.08. The van der Waals surface area contributed by atoms with Crippen LogP contribution in [0.1, 0.15) is 25.8 Å². The van der Waals surface area contributed by atoms with Gasteiger partial charge in [-0.1, -0.05) is 44.2 Å². The average molecular weight is 392 g/mol. The van der Waals surface area contributed by atoms with E-state index in [4.69, 9.17) is 4.74 Å². The third-order valence-electron chi connectivity index (χ3n) is 4.02. The molecule has 0 fully saturated rings. The molecule has 0 aliphatic rings. The van der Waals surface area contributed by atoms with Gasteiger partial charge < -0.3 is 4.74 Å². The molecule has 29 heavy (non-hydrogen) atoms. The Labute approximate surface area is 169 Å². The normalized spacial score (nSPS) is 11.1. The Bertz CT molecular complexity index is 935. The van der Waals surface area contributed by atoms with E-state index in [9.17, 15) is 4.79 Å². The monoisotopic (exact) mass is 392 g/mol. The maximum atomic E-state index is 12.0. The van der Waals surface area contributed by atoms with E-state index in [2.05, 4.69) is 39.8 Å². The number of hydrogen-bond acceptors (Lipinski definition) is 6. The molecule has 0 spiro atoms. The lowest BCUT2D eigenvalue weighted by Crippen LogP contribution is -2.24. The number of nitrogens with one attached hydrogen (secondary N) is 1. The van der Waals surface area contributed by atoms with Gasteiger partial charge in [0, 0.05) is 5.56 Å². The van der Waals surface area contributed by atoms with Gasteiger partial charge >= 0.3 is 0 Å². The number of carbonyl (C=O) groups excluding carboxylic acids is 1. The molecule has 2 aromatic carbocycles. The van der Waals surface area contributed by atoms with E-state index >= 15 is 0 Å². The average Bonchev–Trinajstić information content (AvgIpc) is 3.18. The van der Waals surface area contributed by atoms with Crippen LogP contribution >= 0.6 is 0 Å². The summed E-state index contributed by atoms with van der Waals surface area (Å²) in [7, 11) is 0. The fourth-order valence-electron chi connectivity index (χ4n) is 2.42. The Balaban J connectivity index is 1.45. The van der Waals surface area contributed by atoms with Crippen molar-refractivity contribution in [3.05, 3.63) is 60.2 Å². The molecule has 0 atom stereocenters. The second-order valence-electron chi connectivity index (χ2n) is 6.90. The van der Waals surface area contributed by atoms with Crippen molar-refractivity contribution in [3.8, 4) is 17.1 Å². The highest BCUT2D eigenvalue weighted by molar-refractivity contribution is 5.82. The SMILES string of the molecule is CC(C)CCOc1ccc(C=NNC(=O)Cn2nnc(-c3ccccc3)n2)cc1. The third kappa shape index (κ3) is 6.53. The molecule has 0 unspecified atom stereocenters. The number of hydrazone groups is 1. The highest BCUT2D eigenvalue weighted by atomic mass is 16.5. The fourth-order valence-corrected chi connectivity index (χ4v) is 2.42. The first-order valence-corrected chi connectivity index (χ1v) is 9.48. The lowest BCUT2D eigenvalue weighted by molar-refractivity contribution is -0.122. The van der Waals surface area contributed by atoms with Crippen molar-refractivity contribution < 1.29 is 9.53 Å². The van der Waals surface area contributed by atoms with E-state index in [0.29, 0.717) is 18.3 Å². The Morgan fingerprint density at radius 3 is 2.66 bits per heavy atom. The molecule has 0 saturated heterocycles. The van der Waals surface area contributed by atoms with Crippen LogP contribution in [0.15, 0.2) is 59.7 Å². The standard InChI is InChI=1S/C21H24N6O2/c1-16(2)12-13-29-19-10-8-17(9-11-19)14-22-23-20(28)15-27-25-21(24-26-27)18-6-4-3-5-7-18/h3-11,14,16H,12-13,15H2,1-2H3,(H,23,28). The minimum absolute atomic E-state index is 0.0696. The quantitative estimate of drug-likeness (QED) is 0.446. The summed E-state index contributed by atoms with van der Waals surface area (Å²) in [5.74, 6) is 1.56. The maximum Gasteiger partial charge on any atom is 0.263 e. The summed E-state index contributed by atoms with van der Waals surface area (Å²) in [6.07, 6.45) is 2.59. The van der Waals surface area contributed by atoms with Crippen molar-refractivity contribution in [3.63, 3.8) is 0 Å². The van der Waals surface area contributed by atoms with Gasteiger partial charge in [-0.05, 0) is 47.4 Å². The van der Waals surface area contributed by atoms with Crippen LogP contribution in [0.3, 0.4) is 0 Å². The summed E-state index contributed by atoms with van der Waals surface area (Å²) in [6.45, 7) is 4.96. The van der Waals surface area contributed by atoms with E-state index in [-0.39, 0.29) is 12.5 Å². The van der Waals surface area contributed by atoms with Crippen LogP contribution in [0.25, 0.3) is 11.4 Å². The van der Waals surface area contributed by atoms with Gasteiger partial charge in [0.2, 0.25) is 5.82 Å². The van der Waals surface area contributed by atoms with Crippen molar-refractivity contribution in [1.82, 2.24) is 25.6 Å². The number of nitrogens with zero attached hydrogens (tertiary/aromatic N) is 5. The zero-order valence-electron chi connectivity index (χ0n) is 16.5. The zero-order valence-corrected chi connectivity index (χ0v) is 16.5. The van der Waals surface area contributed by atoms with Gasteiger partial charge in [-0.3, -0.25) is 4.79 Å². The molecule has 1 heterocycles. The zero-order chi connectivity index (χ0) is 20.5. The largest absolute Gasteiger partial charge is 0.494 e. The van der Waals surface area contributed by atoms with Gasteiger partial charge in [0.15, 0.2) is 0 Å². The predicted octanol–water partition coefficient (Wildman–Crippen LogP) is 2.92. The molecule has 1 N–H and O–H groups in total. The number of carbonyl (C=O) groups is 1. The summed E-state index contributed by atoms with van der Waals surface area (Å²) < 4.78 is 5.68. The van der Waals surface area contributed by atoms with Crippen molar-refractivity contribution >= 4 is 12.1 Å². The van der Waals surface area contributed by atoms with Gasteiger partial charge in [-0.15, -0.1) is 10.2 Å². The molecule has 0 bridgehead atoms. The number of amides is 1. The van der Waals surface area contributed by atoms with Gasteiger partial charge in [0.25, 0.3) is 5.91 Å². The Hall–Kier alpha value is -3.55. The third-order valence-corrected chi connectivity index (χ3v) is 4.02. The minimum Gasteiger partial charge on any atom is -0.494 e. The molecule has 1 amide bonds. The van der Waals surface area contributed by atoms with Crippen molar-refractivity contribution in [2.75, 3.05) is 6.61 Å². The molecule has 3 aromatic rings. The van der Waals surface area contributed by atoms with Crippen LogP contribution < -0.4 is 10.2 Å². The molecule has 3 rings (SSSR count). The molecule has 150 valence electrons. The Morgan fingerprint density at radius 1 is 1.17 bits per heavy atom. The maximum absolute atomic E-state index is 12.0. The van der Waals surface area contributed by atoms with E-state index < -0.39 is 0 Å². The molecule has 0 radical (unpaired) electrons. The number of aromatic nitrogens is 4. The smallest absolute Gasteiger partial charge is 0.263 e. The summed E-state index contributed by atoms with van der Waals surface area (Å²) in [5, 5.41) is 16.0. The van der Waals surface area contributed by atoms with Crippen molar-refractivity contribution in [2.45, 2.75) is 26.8 Å². The molecule has 8 heteroatoms. The van der Waals surface area contributed by atoms with Crippen molar-refractivity contribution in [2.24, 2.45) is 11.0 Å². The summed E-state index contributed by atoms with van der Waals surface area (Å²) in [6, 6.07) is 17.0. The van der Waals surface area contributed by atoms with Crippen LogP contribution in [-0.4, -0.2) is 38.9 Å².